The average Bonchev–Trinajstić information content (AvgIpc) is 3.67. The number of ether oxygens (including phenoxy) is 1. The number of carboxylic acid groups (broad SMARTS) is 1. The number of fused-ring (bicyclic) bond motifs is 2. The van der Waals surface area contributed by atoms with Crippen molar-refractivity contribution in [3.8, 4) is 0 Å². The van der Waals surface area contributed by atoms with Gasteiger partial charge in [0.2, 0.25) is 0 Å². The summed E-state index contributed by atoms with van der Waals surface area (Å²) in [5, 5.41) is 11.5. The van der Waals surface area contributed by atoms with Crippen LogP contribution in [-0.4, -0.2) is 54.1 Å². The zero-order chi connectivity index (χ0) is 28.6. The van der Waals surface area contributed by atoms with Crippen molar-refractivity contribution in [2.24, 2.45) is 51.8 Å². The second kappa shape index (κ2) is 10.0. The number of aldehydes is 1. The van der Waals surface area contributed by atoms with Gasteiger partial charge in [-0.25, -0.2) is 0 Å². The van der Waals surface area contributed by atoms with Crippen molar-refractivity contribution in [1.82, 2.24) is 4.90 Å². The Morgan fingerprint density at radius 3 is 2.56 bits per heavy atom. The zero-order valence-electron chi connectivity index (χ0n) is 25.3. The average molecular weight is 560 g/mol. The second-order valence-electron chi connectivity index (χ2n) is 15.1. The highest BCUT2D eigenvalue weighted by Crippen LogP contribution is 2.84. The molecule has 4 aliphatic carbocycles. The summed E-state index contributed by atoms with van der Waals surface area (Å²) in [6.45, 7) is 9.82. The van der Waals surface area contributed by atoms with Crippen LogP contribution in [0.25, 0.3) is 0 Å². The Hall–Kier alpha value is -1.98. The van der Waals surface area contributed by atoms with E-state index in [4.69, 9.17) is 4.74 Å². The molecule has 2 heterocycles. The Labute approximate surface area is 246 Å². The van der Waals surface area contributed by atoms with Crippen LogP contribution in [0.5, 0.6) is 0 Å². The van der Waals surface area contributed by atoms with Crippen molar-refractivity contribution in [2.45, 2.75) is 90.8 Å². The van der Waals surface area contributed by atoms with Crippen molar-refractivity contribution in [3.05, 3.63) is 47.5 Å². The molecule has 6 aliphatic rings. The van der Waals surface area contributed by atoms with Crippen LogP contribution in [-0.2, 0) is 20.7 Å². The van der Waals surface area contributed by atoms with Gasteiger partial charge in [0.25, 0.3) is 0 Å². The molecule has 1 N–H and O–H groups in total. The molecule has 7 unspecified atom stereocenters. The molecule has 0 amide bonds. The van der Waals surface area contributed by atoms with E-state index in [1.54, 1.807) is 0 Å². The number of carbonyl (C=O) groups excluding carboxylic acids is 1. The lowest BCUT2D eigenvalue weighted by atomic mass is 9.41. The van der Waals surface area contributed by atoms with Crippen LogP contribution in [0.1, 0.15) is 77.7 Å². The first kappa shape index (κ1) is 27.8. The maximum atomic E-state index is 14.0. The molecule has 10 atom stereocenters. The van der Waals surface area contributed by atoms with Crippen LogP contribution in [0.3, 0.4) is 0 Å². The maximum Gasteiger partial charge on any atom is 0.315 e. The minimum atomic E-state index is -1.16. The second-order valence-corrected chi connectivity index (χ2v) is 15.1. The molecule has 5 nitrogen and oxygen atoms in total. The van der Waals surface area contributed by atoms with Gasteiger partial charge in [0.05, 0.1) is 17.6 Å². The largest absolute Gasteiger partial charge is 0.481 e. The quantitative estimate of drug-likeness (QED) is 0.294. The van der Waals surface area contributed by atoms with E-state index in [0.717, 1.165) is 63.6 Å². The van der Waals surface area contributed by atoms with Crippen LogP contribution < -0.4 is 0 Å². The first-order valence-corrected chi connectivity index (χ1v) is 16.6. The Kier molecular flexibility index (Phi) is 6.82. The van der Waals surface area contributed by atoms with Gasteiger partial charge < -0.3 is 19.5 Å². The monoisotopic (exact) mass is 559 g/mol. The number of hydrogen-bond donors (Lipinski definition) is 1. The normalized spacial score (nSPS) is 45.2. The van der Waals surface area contributed by atoms with Crippen LogP contribution in [0.15, 0.2) is 42.0 Å². The predicted octanol–water partition coefficient (Wildman–Crippen LogP) is 6.41. The highest BCUT2D eigenvalue weighted by atomic mass is 16.5. The summed E-state index contributed by atoms with van der Waals surface area (Å²) in [4.78, 5) is 30.1. The van der Waals surface area contributed by atoms with E-state index in [1.807, 2.05) is 0 Å². The van der Waals surface area contributed by atoms with Gasteiger partial charge in [-0.3, -0.25) is 4.79 Å². The standard InChI is InChI=1S/C36H49NO4/c1-23(2)30-18-27-19-34(22-38)29-13-12-24(3)28(29)20-35(27,36(30,34)33(39)40)32-17-26(16-25-10-6-4-7-11-25)31(41-32)21-37-14-8-5-9-15-37/h4,6-7,10-11,18,22-24,26-29,31-32H,5,8-9,12-17,19-21H2,1-3H3,(H,39,40)/t24-,26?,27?,28-,29-,31?,32?,34?,35?,36?/m1/s1. The molecule has 5 fully saturated rings. The minimum Gasteiger partial charge on any atom is -0.481 e. The molecule has 4 bridgehead atoms. The van der Waals surface area contributed by atoms with Gasteiger partial charge in [-0.1, -0.05) is 75.6 Å². The van der Waals surface area contributed by atoms with Gasteiger partial charge in [-0.05, 0) is 99.1 Å². The van der Waals surface area contributed by atoms with Crippen LogP contribution in [0.2, 0.25) is 0 Å². The molecular weight excluding hydrogens is 510 g/mol. The lowest BCUT2D eigenvalue weighted by molar-refractivity contribution is -0.197. The molecule has 1 aromatic rings. The predicted molar refractivity (Wildman–Crippen MR) is 159 cm³/mol. The van der Waals surface area contributed by atoms with Crippen LogP contribution >= 0.6 is 0 Å². The van der Waals surface area contributed by atoms with Gasteiger partial charge >= 0.3 is 5.97 Å². The van der Waals surface area contributed by atoms with Crippen LogP contribution in [0, 0.1) is 51.8 Å². The van der Waals surface area contributed by atoms with Gasteiger partial charge in [-0.15, -0.1) is 0 Å². The lowest BCUT2D eigenvalue weighted by Crippen LogP contribution is -2.65. The molecule has 2 aliphatic heterocycles. The molecule has 2 saturated heterocycles. The zero-order valence-corrected chi connectivity index (χ0v) is 25.3. The molecule has 0 spiro atoms. The Morgan fingerprint density at radius 1 is 1.12 bits per heavy atom. The molecule has 0 aromatic heterocycles. The number of allylic oxidation sites excluding steroid dienone is 1. The van der Waals surface area contributed by atoms with Crippen LogP contribution in [0.4, 0.5) is 0 Å². The number of piperidine rings is 1. The Balaban J connectivity index is 1.33. The number of aliphatic carboxylic acids is 1. The number of carbonyl (C=O) groups is 2. The van der Waals surface area contributed by atoms with E-state index in [0.29, 0.717) is 24.2 Å². The highest BCUT2D eigenvalue weighted by molar-refractivity contribution is 5.90. The first-order valence-electron chi connectivity index (χ1n) is 16.6. The SMILES string of the molecule is CC(C)C1=CC2CC3(C=O)[C@@H]4CC[C@@H](C)[C@H]4CC2(C2CC(Cc4ccccc4)C(CN4CCCCC4)O2)C13C(=O)O. The number of benzene rings is 1. The molecule has 3 saturated carbocycles. The van der Waals surface area contributed by atoms with Crippen molar-refractivity contribution in [1.29, 1.82) is 0 Å². The summed E-state index contributed by atoms with van der Waals surface area (Å²) >= 11 is 0. The minimum absolute atomic E-state index is 0.0883. The number of rotatable bonds is 8. The highest BCUT2D eigenvalue weighted by Gasteiger charge is 2.86. The van der Waals surface area contributed by atoms with E-state index >= 15 is 0 Å². The van der Waals surface area contributed by atoms with Gasteiger partial charge in [-0.2, -0.15) is 0 Å². The number of nitrogens with zero attached hydrogens (tertiary/aromatic N) is 1. The molecule has 222 valence electrons. The summed E-state index contributed by atoms with van der Waals surface area (Å²) < 4.78 is 7.31. The van der Waals surface area contributed by atoms with Crippen molar-refractivity contribution >= 4 is 12.3 Å². The third-order valence-electron chi connectivity index (χ3n) is 13.2. The molecule has 1 aromatic carbocycles. The fraction of sp³-hybridized carbons (Fsp3) is 0.722. The third-order valence-corrected chi connectivity index (χ3v) is 13.2. The molecular formula is C36H49NO4. The van der Waals surface area contributed by atoms with E-state index in [9.17, 15) is 14.7 Å². The van der Waals surface area contributed by atoms with Gasteiger partial charge in [0.15, 0.2) is 0 Å². The van der Waals surface area contributed by atoms with Gasteiger partial charge in [0, 0.05) is 12.0 Å². The fourth-order valence-corrected chi connectivity index (χ4v) is 11.7. The van der Waals surface area contributed by atoms with E-state index in [1.165, 1.54) is 24.8 Å². The molecule has 5 heteroatoms. The Morgan fingerprint density at radius 2 is 1.88 bits per heavy atom. The molecule has 41 heavy (non-hydrogen) atoms. The number of carboxylic acids is 1. The van der Waals surface area contributed by atoms with E-state index < -0.39 is 22.2 Å². The summed E-state index contributed by atoms with van der Waals surface area (Å²) in [5.41, 5.74) is -0.177. The van der Waals surface area contributed by atoms with Crippen molar-refractivity contribution in [2.75, 3.05) is 19.6 Å². The first-order chi connectivity index (χ1) is 19.8. The smallest absolute Gasteiger partial charge is 0.315 e. The van der Waals surface area contributed by atoms with Crippen molar-refractivity contribution in [3.63, 3.8) is 0 Å². The number of likely N-dealkylation sites (tertiary alicyclic amines) is 1. The summed E-state index contributed by atoms with van der Waals surface area (Å²) in [6.07, 6.45) is 12.7. The Bertz CT molecular complexity index is 1210. The molecule has 7 rings (SSSR count). The maximum absolute atomic E-state index is 14.0. The topological polar surface area (TPSA) is 66.8 Å². The van der Waals surface area contributed by atoms with Crippen molar-refractivity contribution < 1.29 is 19.4 Å². The third kappa shape index (κ3) is 3.66. The fourth-order valence-electron chi connectivity index (χ4n) is 11.7. The summed E-state index contributed by atoms with van der Waals surface area (Å²) in [6, 6.07) is 10.8. The molecule has 0 radical (unpaired) electrons. The van der Waals surface area contributed by atoms with Gasteiger partial charge in [0.1, 0.15) is 11.7 Å². The van der Waals surface area contributed by atoms with E-state index in [2.05, 4.69) is 62.1 Å². The summed E-state index contributed by atoms with van der Waals surface area (Å²) in [5.74, 6) is 0.857. The van der Waals surface area contributed by atoms with E-state index in [-0.39, 0.29) is 30.0 Å². The number of hydrogen-bond acceptors (Lipinski definition) is 4. The lowest BCUT2D eigenvalue weighted by Gasteiger charge is -2.60. The summed E-state index contributed by atoms with van der Waals surface area (Å²) in [7, 11) is 0.